The molecule has 0 fully saturated rings. The van der Waals surface area contributed by atoms with Crippen LogP contribution in [0, 0.1) is 0 Å². The molecule has 0 radical (unpaired) electrons. The third kappa shape index (κ3) is 14.7. The van der Waals surface area contributed by atoms with Crippen LogP contribution in [0.4, 0.5) is 11.4 Å². The third-order valence-corrected chi connectivity index (χ3v) is 8.57. The fourth-order valence-corrected chi connectivity index (χ4v) is 5.50. The Morgan fingerprint density at radius 2 is 0.771 bits per heavy atom. The molecule has 4 aromatic carbocycles. The van der Waals surface area contributed by atoms with E-state index in [-0.39, 0.29) is 0 Å². The van der Waals surface area contributed by atoms with Crippen LogP contribution in [0.2, 0.25) is 0 Å². The average Bonchev–Trinajstić information content (AvgIpc) is 3.13. The first kappa shape index (κ1) is 36.7. The van der Waals surface area contributed by atoms with Gasteiger partial charge in [0.1, 0.15) is 11.5 Å². The molecule has 48 heavy (non-hydrogen) atoms. The number of hydrogen-bond donors (Lipinski definition) is 0. The second-order valence-electron chi connectivity index (χ2n) is 12.7. The van der Waals surface area contributed by atoms with Crippen LogP contribution >= 0.6 is 0 Å². The Balaban J connectivity index is 0.972. The Labute approximate surface area is 290 Å². The summed E-state index contributed by atoms with van der Waals surface area (Å²) < 4.78 is 11.9. The fraction of sp³-hybridized carbons (Fsp3) is 0.409. The molecule has 4 heteroatoms. The first-order valence-electron chi connectivity index (χ1n) is 18.4. The van der Waals surface area contributed by atoms with Crippen molar-refractivity contribution in [1.82, 2.24) is 0 Å². The summed E-state index contributed by atoms with van der Waals surface area (Å²) in [6, 6.07) is 33.6. The molecule has 4 nitrogen and oxygen atoms in total. The summed E-state index contributed by atoms with van der Waals surface area (Å²) in [5, 5.41) is 0. The van der Waals surface area contributed by atoms with E-state index in [0.717, 1.165) is 72.9 Å². The largest absolute Gasteiger partial charge is 0.494 e. The van der Waals surface area contributed by atoms with Crippen molar-refractivity contribution in [1.29, 1.82) is 0 Å². The van der Waals surface area contributed by atoms with Crippen molar-refractivity contribution in [2.75, 3.05) is 13.2 Å². The summed E-state index contributed by atoms with van der Waals surface area (Å²) in [5.41, 5.74) is 6.91. The summed E-state index contributed by atoms with van der Waals surface area (Å²) >= 11 is 0. The Morgan fingerprint density at radius 1 is 0.417 bits per heavy atom. The van der Waals surface area contributed by atoms with Gasteiger partial charge in [-0.3, -0.25) is 9.98 Å². The van der Waals surface area contributed by atoms with Crippen molar-refractivity contribution >= 4 is 23.8 Å². The van der Waals surface area contributed by atoms with Gasteiger partial charge in [-0.25, -0.2) is 0 Å². The van der Waals surface area contributed by atoms with E-state index in [1.54, 1.807) is 0 Å². The zero-order valence-electron chi connectivity index (χ0n) is 29.4. The van der Waals surface area contributed by atoms with Gasteiger partial charge >= 0.3 is 0 Å². The lowest BCUT2D eigenvalue weighted by Gasteiger charge is -2.07. The molecule has 0 atom stereocenters. The lowest BCUT2D eigenvalue weighted by Crippen LogP contribution is -1.98. The second-order valence-corrected chi connectivity index (χ2v) is 12.7. The number of hydrogen-bond acceptors (Lipinski definition) is 4. The fourth-order valence-electron chi connectivity index (χ4n) is 5.50. The van der Waals surface area contributed by atoms with Crippen LogP contribution in [0.3, 0.4) is 0 Å². The van der Waals surface area contributed by atoms with Crippen molar-refractivity contribution < 1.29 is 9.47 Å². The van der Waals surface area contributed by atoms with E-state index in [4.69, 9.17) is 9.47 Å². The van der Waals surface area contributed by atoms with Crippen LogP contribution in [0.1, 0.15) is 113 Å². The van der Waals surface area contributed by atoms with Crippen molar-refractivity contribution in [3.05, 3.63) is 119 Å². The van der Waals surface area contributed by atoms with Gasteiger partial charge in [0.25, 0.3) is 0 Å². The smallest absolute Gasteiger partial charge is 0.119 e. The molecule has 0 aliphatic rings. The lowest BCUT2D eigenvalue weighted by atomic mass is 10.1. The van der Waals surface area contributed by atoms with Crippen LogP contribution in [-0.2, 0) is 12.8 Å². The normalized spacial score (nSPS) is 11.5. The standard InChI is InChI=1S/C44H56N2O2/c1-3-5-15-37-17-25-41(26-18-37)45-35-39-21-29-43(30-22-39)47-33-13-11-9-7-8-10-12-14-34-48-44-31-23-40(24-32-44)36-46-42-27-19-38(20-28-42)16-6-4-2/h17-32,35-36H,3-16,33-34H2,1-2H3. The Kier molecular flexibility index (Phi) is 17.1. The first-order chi connectivity index (χ1) is 23.7. The van der Waals surface area contributed by atoms with E-state index in [1.807, 2.05) is 36.7 Å². The molecule has 0 N–H and O–H groups in total. The van der Waals surface area contributed by atoms with Gasteiger partial charge in [-0.1, -0.05) is 89.5 Å². The van der Waals surface area contributed by atoms with Gasteiger partial charge in [0.05, 0.1) is 24.6 Å². The molecule has 0 aromatic heterocycles. The van der Waals surface area contributed by atoms with Crippen molar-refractivity contribution in [2.45, 2.75) is 104 Å². The predicted octanol–water partition coefficient (Wildman–Crippen LogP) is 12.5. The molecule has 0 amide bonds. The minimum absolute atomic E-state index is 0.774. The van der Waals surface area contributed by atoms with Gasteiger partial charge in [0.2, 0.25) is 0 Å². The Hall–Kier alpha value is -4.18. The molecule has 0 spiro atoms. The Bertz CT molecular complexity index is 1340. The number of nitrogens with zero attached hydrogens (tertiary/aromatic N) is 2. The molecule has 0 unspecified atom stereocenters. The SMILES string of the molecule is CCCCc1ccc(N=Cc2ccc(OCCCCCCCCCCOc3ccc(C=Nc4ccc(CCCC)cc4)cc3)cc2)cc1. The van der Waals surface area contributed by atoms with Crippen LogP contribution in [0.15, 0.2) is 107 Å². The van der Waals surface area contributed by atoms with E-state index in [9.17, 15) is 0 Å². The summed E-state index contributed by atoms with van der Waals surface area (Å²) in [5.74, 6) is 1.86. The predicted molar refractivity (Wildman–Crippen MR) is 205 cm³/mol. The minimum Gasteiger partial charge on any atom is -0.494 e. The summed E-state index contributed by atoms with van der Waals surface area (Å²) in [7, 11) is 0. The van der Waals surface area contributed by atoms with Gasteiger partial charge in [0.15, 0.2) is 0 Å². The molecule has 4 rings (SSSR count). The molecule has 4 aromatic rings. The highest BCUT2D eigenvalue weighted by Crippen LogP contribution is 2.18. The maximum Gasteiger partial charge on any atom is 0.119 e. The molecule has 0 aliphatic heterocycles. The number of aliphatic imine (C=N–C) groups is 2. The van der Waals surface area contributed by atoms with E-state index >= 15 is 0 Å². The molecule has 0 saturated carbocycles. The molecule has 0 heterocycles. The highest BCUT2D eigenvalue weighted by atomic mass is 16.5. The van der Waals surface area contributed by atoms with Crippen LogP contribution < -0.4 is 9.47 Å². The molecule has 0 aliphatic carbocycles. The van der Waals surface area contributed by atoms with Gasteiger partial charge in [-0.2, -0.15) is 0 Å². The monoisotopic (exact) mass is 644 g/mol. The maximum atomic E-state index is 5.96. The summed E-state index contributed by atoms with van der Waals surface area (Å²) in [4.78, 5) is 9.24. The van der Waals surface area contributed by atoms with Crippen LogP contribution in [-0.4, -0.2) is 25.6 Å². The lowest BCUT2D eigenvalue weighted by molar-refractivity contribution is 0.301. The molecular formula is C44H56N2O2. The van der Waals surface area contributed by atoms with Crippen LogP contribution in [0.5, 0.6) is 11.5 Å². The average molecular weight is 645 g/mol. The minimum atomic E-state index is 0.774. The molecule has 0 saturated heterocycles. The number of ether oxygens (including phenoxy) is 2. The first-order valence-corrected chi connectivity index (χ1v) is 18.4. The van der Waals surface area contributed by atoms with Gasteiger partial charge in [-0.15, -0.1) is 0 Å². The third-order valence-electron chi connectivity index (χ3n) is 8.57. The van der Waals surface area contributed by atoms with E-state index in [2.05, 4.69) is 96.6 Å². The van der Waals surface area contributed by atoms with Crippen LogP contribution in [0.25, 0.3) is 0 Å². The highest BCUT2D eigenvalue weighted by molar-refractivity contribution is 5.82. The summed E-state index contributed by atoms with van der Waals surface area (Å²) in [6.45, 7) is 6.00. The van der Waals surface area contributed by atoms with Gasteiger partial charge < -0.3 is 9.47 Å². The zero-order chi connectivity index (χ0) is 33.5. The van der Waals surface area contributed by atoms with E-state index in [1.165, 1.54) is 75.3 Å². The topological polar surface area (TPSA) is 43.2 Å². The van der Waals surface area contributed by atoms with Gasteiger partial charge in [-0.05, 0) is 134 Å². The highest BCUT2D eigenvalue weighted by Gasteiger charge is 1.99. The number of aryl methyl sites for hydroxylation is 2. The molecule has 0 bridgehead atoms. The number of rotatable bonds is 23. The number of benzene rings is 4. The number of unbranched alkanes of at least 4 members (excludes halogenated alkanes) is 9. The van der Waals surface area contributed by atoms with Crippen molar-refractivity contribution in [3.63, 3.8) is 0 Å². The zero-order valence-corrected chi connectivity index (χ0v) is 29.4. The maximum absolute atomic E-state index is 5.96. The van der Waals surface area contributed by atoms with E-state index < -0.39 is 0 Å². The second kappa shape index (κ2) is 22.4. The Morgan fingerprint density at radius 3 is 1.12 bits per heavy atom. The molecule has 254 valence electrons. The van der Waals surface area contributed by atoms with Crippen molar-refractivity contribution in [3.8, 4) is 11.5 Å². The van der Waals surface area contributed by atoms with Crippen molar-refractivity contribution in [2.24, 2.45) is 9.98 Å². The molecular weight excluding hydrogens is 588 g/mol. The quantitative estimate of drug-likeness (QED) is 0.0595. The van der Waals surface area contributed by atoms with E-state index in [0.29, 0.717) is 0 Å². The summed E-state index contributed by atoms with van der Waals surface area (Å²) in [6.07, 6.45) is 20.8. The van der Waals surface area contributed by atoms with Gasteiger partial charge in [0, 0.05) is 12.4 Å².